The van der Waals surface area contributed by atoms with Crippen LogP contribution in [-0.4, -0.2) is 31.3 Å². The Morgan fingerprint density at radius 2 is 1.83 bits per heavy atom. The van der Waals surface area contributed by atoms with Crippen molar-refractivity contribution in [2.75, 3.05) is 0 Å². The van der Waals surface area contributed by atoms with Gasteiger partial charge in [-0.05, 0) is 38.5 Å². The van der Waals surface area contributed by atoms with Crippen LogP contribution in [0.15, 0.2) is 54.6 Å². The van der Waals surface area contributed by atoms with E-state index in [4.69, 9.17) is 4.74 Å². The molecule has 148 valence electrons. The summed E-state index contributed by atoms with van der Waals surface area (Å²) in [5, 5.41) is 16.5. The van der Waals surface area contributed by atoms with Crippen LogP contribution in [0.2, 0.25) is 0 Å². The second-order valence-corrected chi connectivity index (χ2v) is 8.11. The summed E-state index contributed by atoms with van der Waals surface area (Å²) in [4.78, 5) is 13.3. The number of aromatic nitrogens is 4. The Kier molecular flexibility index (Phi) is 5.02. The van der Waals surface area contributed by atoms with E-state index in [1.807, 2.05) is 61.5 Å². The van der Waals surface area contributed by atoms with Gasteiger partial charge in [-0.25, -0.2) is 0 Å². The van der Waals surface area contributed by atoms with E-state index < -0.39 is 5.60 Å². The Bertz CT molecular complexity index is 1130. The van der Waals surface area contributed by atoms with E-state index in [2.05, 4.69) is 20.6 Å². The zero-order chi connectivity index (χ0) is 20.4. The van der Waals surface area contributed by atoms with Crippen LogP contribution < -0.4 is 10.1 Å². The zero-order valence-corrected chi connectivity index (χ0v) is 17.2. The maximum atomic E-state index is 12.6. The van der Waals surface area contributed by atoms with E-state index in [9.17, 15) is 4.79 Å². The third kappa shape index (κ3) is 4.12. The molecule has 4 rings (SSSR count). The zero-order valence-electron chi connectivity index (χ0n) is 16.4. The predicted octanol–water partition coefficient (Wildman–Crippen LogP) is 3.64. The highest BCUT2D eigenvalue weighted by molar-refractivity contribution is 7.19. The standard InChI is InChI=1S/C21H21N5O2S/c1-14-23-24-20-26(14)25-18(29-20)16-11-9-15(10-12-16)13-22-19(27)21(2,3)28-17-7-5-4-6-8-17/h4-12H,13H2,1-3H3,(H,22,27). The average Bonchev–Trinajstić information content (AvgIpc) is 3.29. The molecule has 0 aliphatic heterocycles. The van der Waals surface area contributed by atoms with Gasteiger partial charge in [0.15, 0.2) is 11.4 Å². The van der Waals surface area contributed by atoms with Crippen LogP contribution in [-0.2, 0) is 11.3 Å². The second kappa shape index (κ2) is 7.63. The van der Waals surface area contributed by atoms with Crippen LogP contribution in [0.3, 0.4) is 0 Å². The van der Waals surface area contributed by atoms with Crippen LogP contribution >= 0.6 is 11.3 Å². The number of hydrogen-bond acceptors (Lipinski definition) is 6. The van der Waals surface area contributed by atoms with Crippen LogP contribution in [0.25, 0.3) is 15.5 Å². The molecule has 0 radical (unpaired) electrons. The molecule has 0 aliphatic rings. The van der Waals surface area contributed by atoms with Gasteiger partial charge >= 0.3 is 0 Å². The summed E-state index contributed by atoms with van der Waals surface area (Å²) in [5.74, 6) is 1.26. The molecule has 0 spiro atoms. The van der Waals surface area contributed by atoms with Crippen molar-refractivity contribution in [3.63, 3.8) is 0 Å². The summed E-state index contributed by atoms with van der Waals surface area (Å²) < 4.78 is 7.57. The van der Waals surface area contributed by atoms with Gasteiger partial charge in [0.25, 0.3) is 5.91 Å². The smallest absolute Gasteiger partial charge is 0.263 e. The SMILES string of the molecule is Cc1nnc2sc(-c3ccc(CNC(=O)C(C)(C)Oc4ccccc4)cc3)nn12. The highest BCUT2D eigenvalue weighted by atomic mass is 32.1. The molecule has 2 aromatic heterocycles. The van der Waals surface area contributed by atoms with E-state index in [0.717, 1.165) is 26.9 Å². The number of carbonyl (C=O) groups is 1. The molecule has 0 bridgehead atoms. The lowest BCUT2D eigenvalue weighted by Gasteiger charge is -2.25. The molecule has 2 aromatic carbocycles. The average molecular weight is 407 g/mol. The number of fused-ring (bicyclic) bond motifs is 1. The van der Waals surface area contributed by atoms with Crippen molar-refractivity contribution >= 4 is 22.2 Å². The number of amides is 1. The van der Waals surface area contributed by atoms with E-state index in [1.165, 1.54) is 11.3 Å². The van der Waals surface area contributed by atoms with Crippen molar-refractivity contribution in [3.8, 4) is 16.3 Å². The summed E-state index contributed by atoms with van der Waals surface area (Å²) in [6.45, 7) is 5.81. The van der Waals surface area contributed by atoms with Crippen molar-refractivity contribution in [2.45, 2.75) is 32.9 Å². The maximum absolute atomic E-state index is 12.6. The summed E-state index contributed by atoms with van der Waals surface area (Å²) in [7, 11) is 0. The second-order valence-electron chi connectivity index (χ2n) is 7.15. The summed E-state index contributed by atoms with van der Waals surface area (Å²) in [6.07, 6.45) is 0. The first-order chi connectivity index (χ1) is 13.9. The van der Waals surface area contributed by atoms with Gasteiger partial charge < -0.3 is 10.1 Å². The lowest BCUT2D eigenvalue weighted by atomic mass is 10.1. The van der Waals surface area contributed by atoms with E-state index >= 15 is 0 Å². The van der Waals surface area contributed by atoms with Gasteiger partial charge in [-0.15, -0.1) is 10.2 Å². The van der Waals surface area contributed by atoms with E-state index in [1.54, 1.807) is 18.4 Å². The largest absolute Gasteiger partial charge is 0.478 e. The normalized spacial score (nSPS) is 11.6. The fourth-order valence-corrected chi connectivity index (χ4v) is 3.71. The van der Waals surface area contributed by atoms with Crippen molar-refractivity contribution in [1.29, 1.82) is 0 Å². The quantitative estimate of drug-likeness (QED) is 0.528. The molecule has 0 fully saturated rings. The number of ether oxygens (including phenoxy) is 1. The van der Waals surface area contributed by atoms with Crippen LogP contribution in [0, 0.1) is 6.92 Å². The van der Waals surface area contributed by atoms with Gasteiger partial charge in [0.05, 0.1) is 0 Å². The minimum atomic E-state index is -0.969. The topological polar surface area (TPSA) is 81.4 Å². The number of nitrogens with zero attached hydrogens (tertiary/aromatic N) is 4. The molecular weight excluding hydrogens is 386 g/mol. The van der Waals surface area contributed by atoms with Gasteiger partial charge in [-0.1, -0.05) is 53.8 Å². The number of nitrogens with one attached hydrogen (secondary N) is 1. The van der Waals surface area contributed by atoms with Gasteiger partial charge in [0, 0.05) is 12.1 Å². The third-order valence-corrected chi connectivity index (χ3v) is 5.41. The van der Waals surface area contributed by atoms with Crippen LogP contribution in [0.5, 0.6) is 5.75 Å². The fraction of sp³-hybridized carbons (Fsp3) is 0.238. The Morgan fingerprint density at radius 3 is 2.52 bits per heavy atom. The summed E-state index contributed by atoms with van der Waals surface area (Å²) >= 11 is 1.49. The summed E-state index contributed by atoms with van der Waals surface area (Å²) in [6, 6.07) is 17.3. The lowest BCUT2D eigenvalue weighted by Crippen LogP contribution is -2.46. The number of para-hydroxylation sites is 1. The molecule has 0 unspecified atom stereocenters. The molecule has 29 heavy (non-hydrogen) atoms. The van der Waals surface area contributed by atoms with E-state index in [0.29, 0.717) is 12.3 Å². The number of aryl methyl sites for hydroxylation is 1. The van der Waals surface area contributed by atoms with Crippen molar-refractivity contribution in [1.82, 2.24) is 25.1 Å². The minimum absolute atomic E-state index is 0.172. The molecule has 0 saturated carbocycles. The molecule has 0 aliphatic carbocycles. The molecule has 0 atom stereocenters. The van der Waals surface area contributed by atoms with E-state index in [-0.39, 0.29) is 5.91 Å². The summed E-state index contributed by atoms with van der Waals surface area (Å²) in [5.41, 5.74) is 1.03. The van der Waals surface area contributed by atoms with Crippen molar-refractivity contribution in [2.24, 2.45) is 0 Å². The Hall–Kier alpha value is -3.26. The molecule has 8 heteroatoms. The highest BCUT2D eigenvalue weighted by Crippen LogP contribution is 2.25. The maximum Gasteiger partial charge on any atom is 0.263 e. The number of rotatable bonds is 6. The molecule has 4 aromatic rings. The number of hydrogen-bond donors (Lipinski definition) is 1. The lowest BCUT2D eigenvalue weighted by molar-refractivity contribution is -0.134. The Balaban J connectivity index is 1.39. The molecule has 1 N–H and O–H groups in total. The van der Waals surface area contributed by atoms with Crippen molar-refractivity contribution in [3.05, 3.63) is 66.0 Å². The number of benzene rings is 2. The first-order valence-corrected chi connectivity index (χ1v) is 10.0. The monoisotopic (exact) mass is 407 g/mol. The molecule has 2 heterocycles. The molecule has 0 saturated heterocycles. The van der Waals surface area contributed by atoms with Gasteiger partial charge in [0.1, 0.15) is 10.8 Å². The first-order valence-electron chi connectivity index (χ1n) is 9.23. The van der Waals surface area contributed by atoms with Crippen LogP contribution in [0.4, 0.5) is 0 Å². The highest BCUT2D eigenvalue weighted by Gasteiger charge is 2.29. The minimum Gasteiger partial charge on any atom is -0.478 e. The molecular formula is C21H21N5O2S. The van der Waals surface area contributed by atoms with Crippen LogP contribution in [0.1, 0.15) is 25.2 Å². The Labute approximate surface area is 172 Å². The fourth-order valence-electron chi connectivity index (χ4n) is 2.82. The van der Waals surface area contributed by atoms with Gasteiger partial charge in [-0.2, -0.15) is 9.61 Å². The molecule has 1 amide bonds. The van der Waals surface area contributed by atoms with Crippen molar-refractivity contribution < 1.29 is 9.53 Å². The first kappa shape index (κ1) is 19.1. The molecule has 7 nitrogen and oxygen atoms in total. The Morgan fingerprint density at radius 1 is 1.10 bits per heavy atom. The third-order valence-electron chi connectivity index (χ3n) is 4.46. The van der Waals surface area contributed by atoms with Gasteiger partial charge in [0.2, 0.25) is 4.96 Å². The predicted molar refractivity (Wildman–Crippen MR) is 112 cm³/mol. The van der Waals surface area contributed by atoms with Gasteiger partial charge in [-0.3, -0.25) is 4.79 Å². The number of carbonyl (C=O) groups excluding carboxylic acids is 1.